The van der Waals surface area contributed by atoms with Crippen LogP contribution in [0.25, 0.3) is 0 Å². The topological polar surface area (TPSA) is 38.8 Å². The average molecular weight is 253 g/mol. The first kappa shape index (κ1) is 12.6. The number of ether oxygens (including phenoxy) is 2. The first-order valence-corrected chi connectivity index (χ1v) is 5.50. The zero-order valence-electron chi connectivity index (χ0n) is 9.20. The van der Waals surface area contributed by atoms with E-state index in [0.717, 1.165) is 0 Å². The summed E-state index contributed by atoms with van der Waals surface area (Å²) >= 11 is 0. The van der Waals surface area contributed by atoms with Crippen molar-refractivity contribution < 1.29 is 27.4 Å². The van der Waals surface area contributed by atoms with Gasteiger partial charge in [0.05, 0.1) is 18.6 Å². The first-order chi connectivity index (χ1) is 7.96. The molecule has 0 saturated carbocycles. The molecule has 2 aliphatic rings. The normalized spacial score (nSPS) is 26.1. The number of likely N-dealkylation sites (tertiary alicyclic amines) is 1. The van der Waals surface area contributed by atoms with Crippen molar-refractivity contribution in [3.8, 4) is 0 Å². The van der Waals surface area contributed by atoms with Crippen LogP contribution in [0.4, 0.5) is 13.2 Å². The molecule has 1 atom stereocenters. The van der Waals surface area contributed by atoms with Gasteiger partial charge in [-0.15, -0.1) is 0 Å². The molecule has 17 heavy (non-hydrogen) atoms. The van der Waals surface area contributed by atoms with Crippen molar-refractivity contribution in [2.75, 3.05) is 32.9 Å². The molecule has 2 saturated heterocycles. The Balaban J connectivity index is 1.66. The van der Waals surface area contributed by atoms with Crippen LogP contribution in [-0.4, -0.2) is 56.0 Å². The molecule has 0 bridgehead atoms. The summed E-state index contributed by atoms with van der Waals surface area (Å²) in [4.78, 5) is 13.3. The van der Waals surface area contributed by atoms with Crippen LogP contribution in [0.15, 0.2) is 0 Å². The van der Waals surface area contributed by atoms with Crippen LogP contribution >= 0.6 is 0 Å². The highest BCUT2D eigenvalue weighted by molar-refractivity contribution is 5.80. The molecule has 4 nitrogen and oxygen atoms in total. The Morgan fingerprint density at radius 2 is 2.12 bits per heavy atom. The summed E-state index contributed by atoms with van der Waals surface area (Å²) < 4.78 is 45.3. The molecule has 0 spiro atoms. The molecule has 7 heteroatoms. The summed E-state index contributed by atoms with van der Waals surface area (Å²) in [5, 5.41) is 0. The number of halogens is 3. The largest absolute Gasteiger partial charge is 0.411 e. The van der Waals surface area contributed by atoms with Crippen molar-refractivity contribution in [1.82, 2.24) is 4.90 Å². The van der Waals surface area contributed by atoms with E-state index in [4.69, 9.17) is 4.74 Å². The van der Waals surface area contributed by atoms with Crippen molar-refractivity contribution in [3.63, 3.8) is 0 Å². The van der Waals surface area contributed by atoms with Gasteiger partial charge >= 0.3 is 6.18 Å². The van der Waals surface area contributed by atoms with E-state index in [1.54, 1.807) is 0 Å². The van der Waals surface area contributed by atoms with Gasteiger partial charge in [-0.05, 0) is 6.42 Å². The van der Waals surface area contributed by atoms with Crippen molar-refractivity contribution in [2.24, 2.45) is 5.92 Å². The van der Waals surface area contributed by atoms with Crippen LogP contribution in [0.3, 0.4) is 0 Å². The van der Waals surface area contributed by atoms with Crippen LogP contribution < -0.4 is 0 Å². The fourth-order valence-corrected chi connectivity index (χ4v) is 1.92. The highest BCUT2D eigenvalue weighted by Gasteiger charge is 2.38. The van der Waals surface area contributed by atoms with E-state index in [0.29, 0.717) is 19.6 Å². The molecule has 0 aromatic carbocycles. The van der Waals surface area contributed by atoms with Gasteiger partial charge in [0.15, 0.2) is 0 Å². The molecular weight excluding hydrogens is 239 g/mol. The lowest BCUT2D eigenvalue weighted by molar-refractivity contribution is -0.200. The van der Waals surface area contributed by atoms with E-state index < -0.39 is 18.9 Å². The van der Waals surface area contributed by atoms with E-state index in [9.17, 15) is 18.0 Å². The van der Waals surface area contributed by atoms with Crippen LogP contribution in [0.2, 0.25) is 0 Å². The second-order valence-corrected chi connectivity index (χ2v) is 4.35. The van der Waals surface area contributed by atoms with E-state index in [1.165, 1.54) is 4.90 Å². The summed E-state index contributed by atoms with van der Waals surface area (Å²) in [6, 6.07) is 0. The summed E-state index contributed by atoms with van der Waals surface area (Å²) in [6.07, 6.45) is -4.09. The third kappa shape index (κ3) is 3.32. The Hall–Kier alpha value is -0.820. The lowest BCUT2D eigenvalue weighted by atomic mass is 10.0. The third-order valence-corrected chi connectivity index (χ3v) is 2.92. The number of hydrogen-bond donors (Lipinski definition) is 0. The Labute approximate surface area is 96.7 Å². The second kappa shape index (κ2) is 4.81. The van der Waals surface area contributed by atoms with Gasteiger partial charge in [-0.2, -0.15) is 13.2 Å². The standard InChI is InChI=1S/C10H14F3NO3/c11-10(12,13)6-17-8-3-14(4-8)9(15)7-1-2-16-5-7/h7-8H,1-6H2/t7-/m1/s1. The molecule has 2 rings (SSSR count). The van der Waals surface area contributed by atoms with E-state index in [2.05, 4.69) is 4.74 Å². The molecule has 0 aliphatic carbocycles. The first-order valence-electron chi connectivity index (χ1n) is 5.50. The number of amides is 1. The molecule has 0 aromatic rings. The summed E-state index contributed by atoms with van der Waals surface area (Å²) in [6.45, 7) is 0.269. The molecule has 2 heterocycles. The van der Waals surface area contributed by atoms with Crippen LogP contribution in [-0.2, 0) is 14.3 Å². The molecule has 1 amide bonds. The predicted molar refractivity (Wildman–Crippen MR) is 51.3 cm³/mol. The SMILES string of the molecule is O=C([C@@H]1CCOC1)N1CC(OCC(F)(F)F)C1. The molecular formula is C10H14F3NO3. The van der Waals surface area contributed by atoms with Gasteiger partial charge in [0.2, 0.25) is 5.91 Å². The zero-order chi connectivity index (χ0) is 12.5. The molecule has 2 fully saturated rings. The summed E-state index contributed by atoms with van der Waals surface area (Å²) in [7, 11) is 0. The van der Waals surface area contributed by atoms with E-state index in [1.807, 2.05) is 0 Å². The maximum absolute atomic E-state index is 11.9. The summed E-state index contributed by atoms with van der Waals surface area (Å²) in [5.41, 5.74) is 0. The van der Waals surface area contributed by atoms with Crippen molar-refractivity contribution in [2.45, 2.75) is 18.7 Å². The number of nitrogens with zero attached hydrogens (tertiary/aromatic N) is 1. The lowest BCUT2D eigenvalue weighted by Gasteiger charge is -2.40. The minimum absolute atomic E-state index is 0.0330. The maximum Gasteiger partial charge on any atom is 0.411 e. The number of carbonyl (C=O) groups is 1. The number of alkyl halides is 3. The Bertz CT molecular complexity index is 283. The molecule has 0 N–H and O–H groups in total. The van der Waals surface area contributed by atoms with Gasteiger partial charge in [0.1, 0.15) is 6.61 Å². The number of hydrogen-bond acceptors (Lipinski definition) is 3. The fourth-order valence-electron chi connectivity index (χ4n) is 1.92. The van der Waals surface area contributed by atoms with Gasteiger partial charge in [-0.25, -0.2) is 0 Å². The average Bonchev–Trinajstić information content (AvgIpc) is 2.65. The molecule has 98 valence electrons. The highest BCUT2D eigenvalue weighted by Crippen LogP contribution is 2.22. The summed E-state index contributed by atoms with van der Waals surface area (Å²) in [5.74, 6) is -0.159. The monoisotopic (exact) mass is 253 g/mol. The number of rotatable bonds is 3. The fraction of sp³-hybridized carbons (Fsp3) is 0.900. The van der Waals surface area contributed by atoms with Gasteiger partial charge in [0.25, 0.3) is 0 Å². The smallest absolute Gasteiger partial charge is 0.381 e. The lowest BCUT2D eigenvalue weighted by Crippen LogP contribution is -2.57. The maximum atomic E-state index is 11.9. The van der Waals surface area contributed by atoms with Gasteiger partial charge < -0.3 is 14.4 Å². The predicted octanol–water partition coefficient (Wildman–Crippen LogP) is 0.813. The van der Waals surface area contributed by atoms with Crippen LogP contribution in [0, 0.1) is 5.92 Å². The second-order valence-electron chi connectivity index (χ2n) is 4.35. The molecule has 0 radical (unpaired) electrons. The molecule has 0 aromatic heterocycles. The Morgan fingerprint density at radius 3 is 2.65 bits per heavy atom. The van der Waals surface area contributed by atoms with Crippen molar-refractivity contribution >= 4 is 5.91 Å². The van der Waals surface area contributed by atoms with Crippen LogP contribution in [0.5, 0.6) is 0 Å². The molecule has 0 unspecified atom stereocenters. The highest BCUT2D eigenvalue weighted by atomic mass is 19.4. The minimum atomic E-state index is -4.30. The van der Waals surface area contributed by atoms with E-state index in [-0.39, 0.29) is 24.9 Å². The van der Waals surface area contributed by atoms with Crippen molar-refractivity contribution in [1.29, 1.82) is 0 Å². The minimum Gasteiger partial charge on any atom is -0.381 e. The molecule has 2 aliphatic heterocycles. The van der Waals surface area contributed by atoms with Gasteiger partial charge in [-0.1, -0.05) is 0 Å². The third-order valence-electron chi connectivity index (χ3n) is 2.92. The Kier molecular flexibility index (Phi) is 3.58. The van der Waals surface area contributed by atoms with Crippen molar-refractivity contribution in [3.05, 3.63) is 0 Å². The van der Waals surface area contributed by atoms with E-state index >= 15 is 0 Å². The number of carbonyl (C=O) groups excluding carboxylic acids is 1. The van der Waals surface area contributed by atoms with Gasteiger partial charge in [-0.3, -0.25) is 4.79 Å². The Morgan fingerprint density at radius 1 is 1.41 bits per heavy atom. The van der Waals surface area contributed by atoms with Gasteiger partial charge in [0, 0.05) is 19.7 Å². The van der Waals surface area contributed by atoms with Crippen LogP contribution in [0.1, 0.15) is 6.42 Å². The zero-order valence-corrected chi connectivity index (χ0v) is 9.20. The quantitative estimate of drug-likeness (QED) is 0.747.